The Bertz CT molecular complexity index is 3380. The number of benzene rings is 9. The molecule has 0 saturated carbocycles. The Kier molecular flexibility index (Phi) is 11.1. The van der Waals surface area contributed by atoms with Gasteiger partial charge in [-0.2, -0.15) is 0 Å². The van der Waals surface area contributed by atoms with Crippen molar-refractivity contribution in [3.63, 3.8) is 0 Å². The molecule has 0 spiro atoms. The molecule has 1 heterocycles. The maximum absolute atomic E-state index is 5.47. The summed E-state index contributed by atoms with van der Waals surface area (Å²) in [6.45, 7) is 0. The molecule has 326 valence electrons. The van der Waals surface area contributed by atoms with Gasteiger partial charge in [0.05, 0.1) is 12.1 Å². The first kappa shape index (κ1) is 41.4. The van der Waals surface area contributed by atoms with Crippen molar-refractivity contribution in [2.24, 2.45) is 4.99 Å². The van der Waals surface area contributed by atoms with Gasteiger partial charge in [0.2, 0.25) is 0 Å². The number of rotatable bonds is 6. The van der Waals surface area contributed by atoms with Crippen LogP contribution in [-0.4, -0.2) is 17.9 Å². The van der Waals surface area contributed by atoms with Gasteiger partial charge >= 0.3 is 0 Å². The Morgan fingerprint density at radius 3 is 1.66 bits per heavy atom. The van der Waals surface area contributed by atoms with E-state index in [4.69, 9.17) is 4.99 Å². The van der Waals surface area contributed by atoms with Crippen LogP contribution in [0.4, 0.5) is 0 Å². The zero-order chi connectivity index (χ0) is 45.2. The van der Waals surface area contributed by atoms with Gasteiger partial charge in [-0.05, 0) is 145 Å². The summed E-state index contributed by atoms with van der Waals surface area (Å²) in [6.07, 6.45) is 8.73. The van der Waals surface area contributed by atoms with Crippen molar-refractivity contribution < 1.29 is 0 Å². The zero-order valence-electron chi connectivity index (χ0n) is 38.1. The molecule has 2 bridgehead atoms. The van der Waals surface area contributed by atoms with Gasteiger partial charge in [0.25, 0.3) is 0 Å². The molecule has 9 aromatic rings. The summed E-state index contributed by atoms with van der Waals surface area (Å²) in [4.78, 5) is 5.47. The Morgan fingerprint density at radius 1 is 0.382 bits per heavy atom. The molecule has 1 aliphatic heterocycles. The molecule has 68 heavy (non-hydrogen) atoms. The molecule has 0 aromatic heterocycles. The predicted octanol–water partition coefficient (Wildman–Crippen LogP) is 16.1. The third kappa shape index (κ3) is 8.13. The standard InChI is InChI=1S/C66H52N2/c1-4-18-45(19-5-1)54-42-55-36-39-65(63(44-54)47-22-8-3-9-23-47)68-66(67-55)53-28-17-27-51(41-53)49-25-16-26-50(40-49)52-35-38-62-60-32-14-12-30-58(60)56-29-11-10-24-48(56)34-37-57(46-20-6-2-7-21-46)59-31-13-15-33-61(59)64(62)43-52/h1-33,35,38,40-44,55,57,65H,34,36-37,39H2,(H,67,68). The van der Waals surface area contributed by atoms with Gasteiger partial charge < -0.3 is 5.32 Å². The number of aryl methyl sites for hydroxylation is 1. The highest BCUT2D eigenvalue weighted by Gasteiger charge is 2.28. The number of hydrogen-bond donors (Lipinski definition) is 1. The lowest BCUT2D eigenvalue weighted by molar-refractivity contribution is 0.624. The fraction of sp³-hybridized carbons (Fsp3) is 0.106. The average molecular weight is 873 g/mol. The van der Waals surface area contributed by atoms with Crippen LogP contribution in [0.5, 0.6) is 0 Å². The minimum Gasteiger partial charge on any atom is -0.363 e. The number of amidine groups is 1. The van der Waals surface area contributed by atoms with Crippen LogP contribution in [0.15, 0.2) is 248 Å². The highest BCUT2D eigenvalue weighted by molar-refractivity contribution is 6.02. The zero-order valence-corrected chi connectivity index (χ0v) is 38.1. The van der Waals surface area contributed by atoms with Gasteiger partial charge in [0, 0.05) is 11.5 Å². The molecule has 12 rings (SSSR count). The summed E-state index contributed by atoms with van der Waals surface area (Å²) in [7, 11) is 0. The largest absolute Gasteiger partial charge is 0.363 e. The van der Waals surface area contributed by atoms with Crippen molar-refractivity contribution in [3.8, 4) is 55.6 Å². The Labute approximate surface area is 400 Å². The molecule has 2 aliphatic carbocycles. The third-order valence-electron chi connectivity index (χ3n) is 14.4. The maximum atomic E-state index is 5.47. The number of hydrogen-bond acceptors (Lipinski definition) is 2. The van der Waals surface area contributed by atoms with Gasteiger partial charge in [-0.15, -0.1) is 0 Å². The van der Waals surface area contributed by atoms with Gasteiger partial charge in [-0.3, -0.25) is 4.99 Å². The first-order chi connectivity index (χ1) is 33.7. The van der Waals surface area contributed by atoms with E-state index in [0.717, 1.165) is 37.1 Å². The van der Waals surface area contributed by atoms with E-state index in [2.05, 4.69) is 248 Å². The second kappa shape index (κ2) is 18.3. The first-order valence-electron chi connectivity index (χ1n) is 24.3. The van der Waals surface area contributed by atoms with Crippen molar-refractivity contribution in [1.82, 2.24) is 5.32 Å². The van der Waals surface area contributed by atoms with Crippen LogP contribution < -0.4 is 5.32 Å². The van der Waals surface area contributed by atoms with Crippen LogP contribution in [0.3, 0.4) is 0 Å². The number of allylic oxidation sites excluding steroid dienone is 2. The summed E-state index contributed by atoms with van der Waals surface area (Å²) in [5, 5.41) is 3.97. The number of aliphatic imine (C=N–C) groups is 1. The Balaban J connectivity index is 0.949. The van der Waals surface area contributed by atoms with Crippen LogP contribution in [0.25, 0.3) is 66.8 Å². The van der Waals surface area contributed by atoms with Crippen molar-refractivity contribution >= 4 is 17.0 Å². The fourth-order valence-corrected chi connectivity index (χ4v) is 11.0. The second-order valence-corrected chi connectivity index (χ2v) is 18.5. The van der Waals surface area contributed by atoms with E-state index in [1.165, 1.54) is 94.6 Å². The number of fused-ring (bicyclic) bond motifs is 10. The van der Waals surface area contributed by atoms with Crippen molar-refractivity contribution in [2.45, 2.75) is 43.7 Å². The van der Waals surface area contributed by atoms with E-state index < -0.39 is 0 Å². The van der Waals surface area contributed by atoms with Gasteiger partial charge in [-0.25, -0.2) is 0 Å². The molecule has 0 radical (unpaired) electrons. The van der Waals surface area contributed by atoms with E-state index in [0.29, 0.717) is 0 Å². The lowest BCUT2D eigenvalue weighted by Crippen LogP contribution is -2.35. The molecule has 3 unspecified atom stereocenters. The minimum atomic E-state index is 0.0589. The second-order valence-electron chi connectivity index (χ2n) is 18.5. The van der Waals surface area contributed by atoms with Gasteiger partial charge in [0.1, 0.15) is 5.84 Å². The SMILES string of the molecule is C1=C(c2ccccc2)C=C(c2ccccc2)C2CCC1N=C(c1cccc(-c3cccc(-c4ccc5c(c4)-c4ccccc4C(c4ccccc4)CCc4ccccc4-c4ccccc4-5)c3)c1)N2. The monoisotopic (exact) mass is 872 g/mol. The molecule has 3 atom stereocenters. The normalized spacial score (nSPS) is 17.4. The summed E-state index contributed by atoms with van der Waals surface area (Å²) < 4.78 is 0. The van der Waals surface area contributed by atoms with Crippen LogP contribution >= 0.6 is 0 Å². The molecular weight excluding hydrogens is 821 g/mol. The van der Waals surface area contributed by atoms with Gasteiger partial charge in [-0.1, -0.05) is 218 Å². The first-order valence-corrected chi connectivity index (χ1v) is 24.3. The maximum Gasteiger partial charge on any atom is 0.129 e. The van der Waals surface area contributed by atoms with E-state index in [1.54, 1.807) is 0 Å². The molecule has 9 aromatic carbocycles. The topological polar surface area (TPSA) is 24.4 Å². The summed E-state index contributed by atoms with van der Waals surface area (Å²) in [5.74, 6) is 1.18. The number of nitrogens with zero attached hydrogens (tertiary/aromatic N) is 1. The molecule has 2 heteroatoms. The molecule has 0 amide bonds. The van der Waals surface area contributed by atoms with Gasteiger partial charge in [0.15, 0.2) is 0 Å². The molecule has 1 N–H and O–H groups in total. The van der Waals surface area contributed by atoms with E-state index in [1.807, 2.05) is 0 Å². The van der Waals surface area contributed by atoms with E-state index in [-0.39, 0.29) is 18.0 Å². The van der Waals surface area contributed by atoms with Crippen LogP contribution in [0.1, 0.15) is 58.6 Å². The van der Waals surface area contributed by atoms with Crippen LogP contribution in [0.2, 0.25) is 0 Å². The van der Waals surface area contributed by atoms with Crippen LogP contribution in [0, 0.1) is 0 Å². The molecule has 0 fully saturated rings. The number of nitrogens with one attached hydrogen (secondary N) is 1. The smallest absolute Gasteiger partial charge is 0.129 e. The van der Waals surface area contributed by atoms with Crippen molar-refractivity contribution in [3.05, 3.63) is 276 Å². The summed E-state index contributed by atoms with van der Waals surface area (Å²) in [6, 6.07) is 85.3. The quantitative estimate of drug-likeness (QED) is 0.177. The summed E-state index contributed by atoms with van der Waals surface area (Å²) in [5.41, 5.74) is 22.6. The third-order valence-corrected chi connectivity index (χ3v) is 14.4. The Morgan fingerprint density at radius 2 is 0.926 bits per heavy atom. The highest BCUT2D eigenvalue weighted by Crippen LogP contribution is 2.46. The van der Waals surface area contributed by atoms with Crippen molar-refractivity contribution in [2.75, 3.05) is 0 Å². The minimum absolute atomic E-state index is 0.0589. The van der Waals surface area contributed by atoms with E-state index >= 15 is 0 Å². The highest BCUT2D eigenvalue weighted by atomic mass is 15.0. The molecular formula is C66H52N2. The predicted molar refractivity (Wildman–Crippen MR) is 286 cm³/mol. The van der Waals surface area contributed by atoms with Crippen LogP contribution in [-0.2, 0) is 6.42 Å². The van der Waals surface area contributed by atoms with Crippen molar-refractivity contribution in [1.29, 1.82) is 0 Å². The average Bonchev–Trinajstić information content (AvgIpc) is 3.59. The lowest BCUT2D eigenvalue weighted by Gasteiger charge is -2.24. The van der Waals surface area contributed by atoms with E-state index in [9.17, 15) is 0 Å². The molecule has 0 saturated heterocycles. The summed E-state index contributed by atoms with van der Waals surface area (Å²) >= 11 is 0. The molecule has 3 aliphatic rings. The fourth-order valence-electron chi connectivity index (χ4n) is 11.0. The Hall–Kier alpha value is -8.07. The lowest BCUT2D eigenvalue weighted by atomic mass is 9.81. The molecule has 2 nitrogen and oxygen atoms in total.